The summed E-state index contributed by atoms with van der Waals surface area (Å²) < 4.78 is 0. The van der Waals surface area contributed by atoms with Crippen molar-refractivity contribution < 1.29 is 9.59 Å². The fraction of sp³-hybridized carbons (Fsp3) is 0.619. The molecule has 0 radical (unpaired) electrons. The minimum absolute atomic E-state index is 0.130. The second-order valence-corrected chi connectivity index (χ2v) is 8.29. The van der Waals surface area contributed by atoms with Crippen LogP contribution in [0.1, 0.15) is 49.4 Å². The number of aryl methyl sites for hydroxylation is 2. The summed E-state index contributed by atoms with van der Waals surface area (Å²) in [6.45, 7) is 10.8. The van der Waals surface area contributed by atoms with Gasteiger partial charge in [-0.2, -0.15) is 0 Å². The van der Waals surface area contributed by atoms with Gasteiger partial charge in [0.25, 0.3) is 0 Å². The number of benzene rings is 1. The molecule has 0 aromatic heterocycles. The number of carbonyl (C=O) groups is 2. The summed E-state index contributed by atoms with van der Waals surface area (Å²) >= 11 is 0. The number of hydrogen-bond donors (Lipinski definition) is 2. The van der Waals surface area contributed by atoms with Gasteiger partial charge in [-0.15, -0.1) is 0 Å². The number of nitrogens with one attached hydrogen (secondary N) is 2. The molecule has 0 bridgehead atoms. The van der Waals surface area contributed by atoms with Crippen molar-refractivity contribution in [2.24, 2.45) is 5.92 Å². The van der Waals surface area contributed by atoms with E-state index in [0.29, 0.717) is 38.5 Å². The number of nitrogens with zero attached hydrogens (tertiary/aromatic N) is 2. The normalized spacial score (nSPS) is 23.1. The largest absolute Gasteiger partial charge is 0.339 e. The molecule has 2 N–H and O–H groups in total. The molecule has 2 atom stereocenters. The number of carbonyl (C=O) groups excluding carboxylic acids is 2. The molecule has 2 amide bonds. The number of amides is 2. The number of piperazine rings is 1. The lowest BCUT2D eigenvalue weighted by Crippen LogP contribution is -2.54. The summed E-state index contributed by atoms with van der Waals surface area (Å²) in [5, 5.41) is 0. The van der Waals surface area contributed by atoms with Crippen LogP contribution in [0.15, 0.2) is 18.2 Å². The van der Waals surface area contributed by atoms with Crippen LogP contribution in [-0.2, 0) is 9.59 Å². The van der Waals surface area contributed by atoms with E-state index in [9.17, 15) is 9.59 Å². The summed E-state index contributed by atoms with van der Waals surface area (Å²) in [7, 11) is 0. The van der Waals surface area contributed by atoms with Crippen LogP contribution >= 0.6 is 0 Å². The van der Waals surface area contributed by atoms with Gasteiger partial charge in [-0.25, -0.2) is 10.9 Å². The Kier molecular flexibility index (Phi) is 6.17. The lowest BCUT2D eigenvalue weighted by atomic mass is 9.96. The van der Waals surface area contributed by atoms with E-state index in [0.717, 1.165) is 6.42 Å². The van der Waals surface area contributed by atoms with E-state index < -0.39 is 0 Å². The summed E-state index contributed by atoms with van der Waals surface area (Å²) in [5.41, 5.74) is 10.2. The maximum absolute atomic E-state index is 12.9. The SMILES string of the molecule is Cc1ccc(C2CC(C(=O)N3CCN(C(=O)CC(C)C)CC3)NN2)c(C)c1. The fourth-order valence-electron chi connectivity index (χ4n) is 4.01. The molecule has 2 aliphatic heterocycles. The van der Waals surface area contributed by atoms with Gasteiger partial charge in [-0.1, -0.05) is 37.6 Å². The molecule has 0 spiro atoms. The highest BCUT2D eigenvalue weighted by atomic mass is 16.2. The van der Waals surface area contributed by atoms with E-state index in [2.05, 4.69) is 56.7 Å². The third-order valence-corrected chi connectivity index (χ3v) is 5.53. The van der Waals surface area contributed by atoms with Gasteiger partial charge in [0.15, 0.2) is 0 Å². The van der Waals surface area contributed by atoms with Gasteiger partial charge in [0.1, 0.15) is 6.04 Å². The Morgan fingerprint density at radius 3 is 2.37 bits per heavy atom. The average Bonchev–Trinajstić information content (AvgIpc) is 3.10. The molecule has 1 aromatic rings. The fourth-order valence-corrected chi connectivity index (χ4v) is 4.01. The van der Waals surface area contributed by atoms with E-state index in [4.69, 9.17) is 0 Å². The van der Waals surface area contributed by atoms with E-state index in [1.54, 1.807) is 0 Å². The van der Waals surface area contributed by atoms with Crippen molar-refractivity contribution in [2.45, 2.75) is 52.6 Å². The Hall–Kier alpha value is -1.92. The summed E-state index contributed by atoms with van der Waals surface area (Å²) in [5.74, 6) is 0.700. The van der Waals surface area contributed by atoms with Crippen LogP contribution in [0.25, 0.3) is 0 Å². The standard InChI is InChI=1S/C21H32N4O2/c1-14(2)11-20(26)24-7-9-25(10-8-24)21(27)19-13-18(22-23-19)17-6-5-15(3)12-16(17)4/h5-6,12,14,18-19,22-23H,7-11,13H2,1-4H3. The Labute approximate surface area is 162 Å². The highest BCUT2D eigenvalue weighted by Gasteiger charge is 2.35. The predicted molar refractivity (Wildman–Crippen MR) is 106 cm³/mol. The molecule has 2 saturated heterocycles. The van der Waals surface area contributed by atoms with E-state index in [-0.39, 0.29) is 23.9 Å². The molecular weight excluding hydrogens is 340 g/mol. The molecule has 2 aliphatic rings. The first-order valence-corrected chi connectivity index (χ1v) is 10.00. The first-order valence-electron chi connectivity index (χ1n) is 10.00. The van der Waals surface area contributed by atoms with Crippen LogP contribution in [0.4, 0.5) is 0 Å². The third kappa shape index (κ3) is 4.68. The Balaban J connectivity index is 1.53. The van der Waals surface area contributed by atoms with E-state index >= 15 is 0 Å². The third-order valence-electron chi connectivity index (χ3n) is 5.53. The van der Waals surface area contributed by atoms with Crippen molar-refractivity contribution in [1.82, 2.24) is 20.7 Å². The predicted octanol–water partition coefficient (Wildman–Crippen LogP) is 1.93. The summed E-state index contributed by atoms with van der Waals surface area (Å²) in [4.78, 5) is 28.9. The molecule has 6 heteroatoms. The molecule has 148 valence electrons. The molecule has 2 fully saturated rings. The first kappa shape index (κ1) is 19.8. The minimum Gasteiger partial charge on any atom is -0.339 e. The van der Waals surface area contributed by atoms with Crippen molar-refractivity contribution in [2.75, 3.05) is 26.2 Å². The molecule has 27 heavy (non-hydrogen) atoms. The van der Waals surface area contributed by atoms with Crippen LogP contribution in [-0.4, -0.2) is 53.8 Å². The molecule has 3 rings (SSSR count). The lowest BCUT2D eigenvalue weighted by Gasteiger charge is -2.36. The van der Waals surface area contributed by atoms with Crippen LogP contribution in [0.3, 0.4) is 0 Å². The summed E-state index contributed by atoms with van der Waals surface area (Å²) in [6.07, 6.45) is 1.33. The molecule has 6 nitrogen and oxygen atoms in total. The smallest absolute Gasteiger partial charge is 0.241 e. The van der Waals surface area contributed by atoms with Gasteiger partial charge in [0, 0.05) is 38.6 Å². The second kappa shape index (κ2) is 8.40. The van der Waals surface area contributed by atoms with Crippen molar-refractivity contribution in [1.29, 1.82) is 0 Å². The topological polar surface area (TPSA) is 64.7 Å². The van der Waals surface area contributed by atoms with E-state index in [1.165, 1.54) is 16.7 Å². The highest BCUT2D eigenvalue weighted by molar-refractivity contribution is 5.83. The minimum atomic E-state index is -0.214. The number of hydrogen-bond acceptors (Lipinski definition) is 4. The molecule has 2 unspecified atom stereocenters. The zero-order chi connectivity index (χ0) is 19.6. The maximum Gasteiger partial charge on any atom is 0.241 e. The first-order chi connectivity index (χ1) is 12.8. The maximum atomic E-state index is 12.9. The molecule has 0 aliphatic carbocycles. The quantitative estimate of drug-likeness (QED) is 0.848. The van der Waals surface area contributed by atoms with Gasteiger partial charge in [0.05, 0.1) is 0 Å². The van der Waals surface area contributed by atoms with Crippen molar-refractivity contribution in [3.63, 3.8) is 0 Å². The molecule has 1 aromatic carbocycles. The Bertz CT molecular complexity index is 695. The molecule has 0 saturated carbocycles. The Morgan fingerprint density at radius 1 is 1.07 bits per heavy atom. The van der Waals surface area contributed by atoms with Gasteiger partial charge in [0.2, 0.25) is 11.8 Å². The second-order valence-electron chi connectivity index (χ2n) is 8.29. The van der Waals surface area contributed by atoms with Gasteiger partial charge < -0.3 is 9.80 Å². The van der Waals surface area contributed by atoms with Crippen LogP contribution in [0.2, 0.25) is 0 Å². The van der Waals surface area contributed by atoms with Crippen LogP contribution < -0.4 is 10.9 Å². The highest BCUT2D eigenvalue weighted by Crippen LogP contribution is 2.26. The lowest BCUT2D eigenvalue weighted by molar-refractivity contribution is -0.141. The van der Waals surface area contributed by atoms with Gasteiger partial charge in [-0.05, 0) is 37.3 Å². The Morgan fingerprint density at radius 2 is 1.74 bits per heavy atom. The molecular formula is C21H32N4O2. The number of rotatable bonds is 4. The van der Waals surface area contributed by atoms with Crippen molar-refractivity contribution >= 4 is 11.8 Å². The zero-order valence-electron chi connectivity index (χ0n) is 16.9. The van der Waals surface area contributed by atoms with Crippen LogP contribution in [0.5, 0.6) is 0 Å². The van der Waals surface area contributed by atoms with Crippen molar-refractivity contribution in [3.8, 4) is 0 Å². The number of hydrazine groups is 1. The molecule has 2 heterocycles. The average molecular weight is 373 g/mol. The van der Waals surface area contributed by atoms with Crippen LogP contribution in [0, 0.1) is 19.8 Å². The monoisotopic (exact) mass is 372 g/mol. The van der Waals surface area contributed by atoms with Crippen molar-refractivity contribution in [3.05, 3.63) is 34.9 Å². The zero-order valence-corrected chi connectivity index (χ0v) is 16.9. The van der Waals surface area contributed by atoms with Gasteiger partial charge >= 0.3 is 0 Å². The van der Waals surface area contributed by atoms with E-state index in [1.807, 2.05) is 9.80 Å². The van der Waals surface area contributed by atoms with Gasteiger partial charge in [-0.3, -0.25) is 9.59 Å². The summed E-state index contributed by atoms with van der Waals surface area (Å²) in [6, 6.07) is 6.38.